The summed E-state index contributed by atoms with van der Waals surface area (Å²) in [6, 6.07) is 16.3. The lowest BCUT2D eigenvalue weighted by molar-refractivity contribution is -0.274. The molecular weight excluding hydrogens is 431 g/mol. The fraction of sp³-hybridized carbons (Fsp3) is 0.0909. The summed E-state index contributed by atoms with van der Waals surface area (Å²) in [7, 11) is -3.83. The molecule has 0 fully saturated rings. The maximum absolute atomic E-state index is 12.7. The third-order valence-corrected chi connectivity index (χ3v) is 6.00. The molecular formula is C22H16F3NO4S. The molecule has 0 saturated heterocycles. The Hall–Kier alpha value is -3.46. The van der Waals surface area contributed by atoms with E-state index in [1.165, 1.54) is 36.4 Å². The molecule has 160 valence electrons. The SMILES string of the molecule is Cc1coc2ccc(NS(=O)(=O)c3ccc(-c4ccc(OC(F)(F)F)cc4)cc3)cc12. The Morgan fingerprint density at radius 1 is 0.903 bits per heavy atom. The third-order valence-electron chi connectivity index (χ3n) is 4.61. The van der Waals surface area contributed by atoms with Crippen molar-refractivity contribution in [1.29, 1.82) is 0 Å². The van der Waals surface area contributed by atoms with Crippen molar-refractivity contribution in [3.05, 3.63) is 78.6 Å². The molecule has 1 aromatic heterocycles. The van der Waals surface area contributed by atoms with E-state index < -0.39 is 16.4 Å². The normalized spacial score (nSPS) is 12.1. The highest BCUT2D eigenvalue weighted by molar-refractivity contribution is 7.92. The lowest BCUT2D eigenvalue weighted by atomic mass is 10.1. The molecule has 0 radical (unpaired) electrons. The number of fused-ring (bicyclic) bond motifs is 1. The van der Waals surface area contributed by atoms with Crippen molar-refractivity contribution in [2.24, 2.45) is 0 Å². The molecule has 3 aromatic carbocycles. The largest absolute Gasteiger partial charge is 0.573 e. The van der Waals surface area contributed by atoms with E-state index in [0.29, 0.717) is 22.4 Å². The third kappa shape index (κ3) is 4.66. The minimum absolute atomic E-state index is 0.0530. The Morgan fingerprint density at radius 3 is 2.13 bits per heavy atom. The number of nitrogens with one attached hydrogen (secondary N) is 1. The quantitative estimate of drug-likeness (QED) is 0.401. The second-order valence-electron chi connectivity index (χ2n) is 6.83. The zero-order valence-electron chi connectivity index (χ0n) is 16.1. The van der Waals surface area contributed by atoms with Gasteiger partial charge in [-0.3, -0.25) is 4.72 Å². The minimum atomic E-state index is -4.76. The van der Waals surface area contributed by atoms with E-state index in [1.54, 1.807) is 36.6 Å². The first kappa shape index (κ1) is 20.8. The Kier molecular flexibility index (Phi) is 5.14. The van der Waals surface area contributed by atoms with Crippen molar-refractivity contribution >= 4 is 26.7 Å². The summed E-state index contributed by atoms with van der Waals surface area (Å²) in [4.78, 5) is 0.0530. The van der Waals surface area contributed by atoms with Gasteiger partial charge >= 0.3 is 6.36 Å². The molecule has 1 heterocycles. The van der Waals surface area contributed by atoms with Crippen LogP contribution in [-0.2, 0) is 10.0 Å². The van der Waals surface area contributed by atoms with E-state index in [1.807, 2.05) is 6.92 Å². The molecule has 0 saturated carbocycles. The molecule has 31 heavy (non-hydrogen) atoms. The highest BCUT2D eigenvalue weighted by Gasteiger charge is 2.31. The Bertz CT molecular complexity index is 1330. The van der Waals surface area contributed by atoms with Crippen LogP contribution in [0.1, 0.15) is 5.56 Å². The summed E-state index contributed by atoms with van der Waals surface area (Å²) >= 11 is 0. The first-order chi connectivity index (χ1) is 14.6. The van der Waals surface area contributed by atoms with Gasteiger partial charge in [-0.25, -0.2) is 8.42 Å². The van der Waals surface area contributed by atoms with Gasteiger partial charge in [0.15, 0.2) is 0 Å². The molecule has 0 aliphatic carbocycles. The van der Waals surface area contributed by atoms with Gasteiger partial charge in [0.2, 0.25) is 0 Å². The number of ether oxygens (including phenoxy) is 1. The van der Waals surface area contributed by atoms with E-state index in [0.717, 1.165) is 10.9 Å². The minimum Gasteiger partial charge on any atom is -0.464 e. The number of halogens is 3. The predicted octanol–water partition coefficient (Wildman–Crippen LogP) is 6.11. The van der Waals surface area contributed by atoms with Gasteiger partial charge in [0.05, 0.1) is 11.2 Å². The van der Waals surface area contributed by atoms with Crippen LogP contribution in [0.3, 0.4) is 0 Å². The van der Waals surface area contributed by atoms with Crippen LogP contribution < -0.4 is 9.46 Å². The predicted molar refractivity (Wildman–Crippen MR) is 110 cm³/mol. The Morgan fingerprint density at radius 2 is 1.52 bits per heavy atom. The van der Waals surface area contributed by atoms with Crippen molar-refractivity contribution < 1.29 is 30.7 Å². The number of anilines is 1. The van der Waals surface area contributed by atoms with Crippen molar-refractivity contribution in [2.75, 3.05) is 4.72 Å². The lowest BCUT2D eigenvalue weighted by Gasteiger charge is -2.10. The number of rotatable bonds is 5. The van der Waals surface area contributed by atoms with Gasteiger partial charge < -0.3 is 9.15 Å². The van der Waals surface area contributed by atoms with Gasteiger partial charge in [0.1, 0.15) is 11.3 Å². The number of hydrogen-bond acceptors (Lipinski definition) is 4. The fourth-order valence-electron chi connectivity index (χ4n) is 3.11. The second kappa shape index (κ2) is 7.66. The zero-order valence-corrected chi connectivity index (χ0v) is 16.9. The number of sulfonamides is 1. The van der Waals surface area contributed by atoms with Gasteiger partial charge in [0.25, 0.3) is 10.0 Å². The maximum atomic E-state index is 12.7. The summed E-state index contributed by atoms with van der Waals surface area (Å²) in [6.07, 6.45) is -3.16. The average molecular weight is 447 g/mol. The van der Waals surface area contributed by atoms with E-state index in [4.69, 9.17) is 4.42 Å². The highest BCUT2D eigenvalue weighted by atomic mass is 32.2. The Balaban J connectivity index is 1.53. The average Bonchev–Trinajstić information content (AvgIpc) is 3.08. The standard InChI is InChI=1S/C22H16F3NO4S/c1-14-13-29-21-11-6-17(12-20(14)21)26-31(27,28)19-9-4-16(5-10-19)15-2-7-18(8-3-15)30-22(23,24)25/h2-13,26H,1H3. The van der Waals surface area contributed by atoms with Crippen LogP contribution in [0.5, 0.6) is 5.75 Å². The van der Waals surface area contributed by atoms with Crippen LogP contribution in [0.25, 0.3) is 22.1 Å². The smallest absolute Gasteiger partial charge is 0.464 e. The molecule has 0 aliphatic rings. The summed E-state index contributed by atoms with van der Waals surface area (Å²) in [5.41, 5.74) is 3.23. The molecule has 0 atom stereocenters. The molecule has 0 bridgehead atoms. The van der Waals surface area contributed by atoms with Gasteiger partial charge in [-0.1, -0.05) is 24.3 Å². The summed E-state index contributed by atoms with van der Waals surface area (Å²) in [6.45, 7) is 1.87. The van der Waals surface area contributed by atoms with Crippen LogP contribution in [-0.4, -0.2) is 14.8 Å². The van der Waals surface area contributed by atoms with E-state index >= 15 is 0 Å². The topological polar surface area (TPSA) is 68.5 Å². The molecule has 0 spiro atoms. The molecule has 4 aromatic rings. The van der Waals surface area contributed by atoms with Gasteiger partial charge in [-0.2, -0.15) is 0 Å². The lowest BCUT2D eigenvalue weighted by Crippen LogP contribution is -2.16. The van der Waals surface area contributed by atoms with Crippen LogP contribution in [0.2, 0.25) is 0 Å². The number of aryl methyl sites for hydroxylation is 1. The number of hydrogen-bond donors (Lipinski definition) is 1. The van der Waals surface area contributed by atoms with Gasteiger partial charge in [-0.15, -0.1) is 13.2 Å². The highest BCUT2D eigenvalue weighted by Crippen LogP contribution is 2.28. The van der Waals surface area contributed by atoms with Crippen LogP contribution in [0, 0.1) is 6.92 Å². The number of benzene rings is 3. The maximum Gasteiger partial charge on any atom is 0.573 e. The zero-order chi connectivity index (χ0) is 22.2. The first-order valence-electron chi connectivity index (χ1n) is 9.08. The summed E-state index contributed by atoms with van der Waals surface area (Å²) < 4.78 is 74.0. The van der Waals surface area contributed by atoms with Crippen LogP contribution >= 0.6 is 0 Å². The fourth-order valence-corrected chi connectivity index (χ4v) is 4.16. The van der Waals surface area contributed by atoms with Crippen LogP contribution in [0.15, 0.2) is 82.3 Å². The molecule has 0 unspecified atom stereocenters. The second-order valence-corrected chi connectivity index (χ2v) is 8.51. The molecule has 1 N–H and O–H groups in total. The monoisotopic (exact) mass is 447 g/mol. The number of alkyl halides is 3. The van der Waals surface area contributed by atoms with Crippen molar-refractivity contribution in [2.45, 2.75) is 18.2 Å². The van der Waals surface area contributed by atoms with E-state index in [9.17, 15) is 21.6 Å². The van der Waals surface area contributed by atoms with E-state index in [2.05, 4.69) is 9.46 Å². The summed E-state index contributed by atoms with van der Waals surface area (Å²) in [5.74, 6) is -0.329. The van der Waals surface area contributed by atoms with E-state index in [-0.39, 0.29) is 10.6 Å². The first-order valence-corrected chi connectivity index (χ1v) is 10.6. The Labute approximate surface area is 176 Å². The van der Waals surface area contributed by atoms with Crippen molar-refractivity contribution in [3.63, 3.8) is 0 Å². The van der Waals surface area contributed by atoms with Gasteiger partial charge in [0, 0.05) is 11.1 Å². The molecule has 0 aliphatic heterocycles. The summed E-state index contributed by atoms with van der Waals surface area (Å²) in [5, 5.41) is 0.813. The van der Waals surface area contributed by atoms with Crippen LogP contribution in [0.4, 0.5) is 18.9 Å². The molecule has 5 nitrogen and oxygen atoms in total. The van der Waals surface area contributed by atoms with Gasteiger partial charge in [-0.05, 0) is 66.1 Å². The van der Waals surface area contributed by atoms with Crippen molar-refractivity contribution in [1.82, 2.24) is 0 Å². The van der Waals surface area contributed by atoms with Crippen molar-refractivity contribution in [3.8, 4) is 16.9 Å². The molecule has 0 amide bonds. The number of furan rings is 1. The molecule has 4 rings (SSSR count). The molecule has 9 heteroatoms.